The average molecular weight is 302 g/mol. The smallest absolute Gasteiger partial charge is 0.417 e. The minimum atomic E-state index is -4.73. The van der Waals surface area contributed by atoms with Crippen LogP contribution in [0.1, 0.15) is 11.1 Å². The first-order chi connectivity index (χ1) is 9.65. The monoisotopic (exact) mass is 302 g/mol. The number of nitrogens with zero attached hydrogens (tertiary/aromatic N) is 2. The van der Waals surface area contributed by atoms with Gasteiger partial charge in [0.25, 0.3) is 0 Å². The van der Waals surface area contributed by atoms with Gasteiger partial charge in [0.2, 0.25) is 0 Å². The van der Waals surface area contributed by atoms with E-state index < -0.39 is 42.3 Å². The van der Waals surface area contributed by atoms with Gasteiger partial charge in [-0.2, -0.15) is 18.4 Å². The van der Waals surface area contributed by atoms with Gasteiger partial charge in [0.15, 0.2) is 0 Å². The van der Waals surface area contributed by atoms with E-state index in [1.165, 1.54) is 6.07 Å². The Labute approximate surface area is 116 Å². The number of hydrogen-bond acceptors (Lipinski definition) is 4. The van der Waals surface area contributed by atoms with Gasteiger partial charge >= 0.3 is 18.1 Å². The minimum absolute atomic E-state index is 0.0932. The largest absolute Gasteiger partial charge is 0.480 e. The van der Waals surface area contributed by atoms with E-state index in [1.807, 2.05) is 0 Å². The van der Waals surface area contributed by atoms with E-state index in [4.69, 9.17) is 15.5 Å². The summed E-state index contributed by atoms with van der Waals surface area (Å²) in [5.74, 6) is -2.70. The molecule has 21 heavy (non-hydrogen) atoms. The molecule has 0 unspecified atom stereocenters. The van der Waals surface area contributed by atoms with Gasteiger partial charge in [-0.15, -0.1) is 0 Å². The maximum absolute atomic E-state index is 12.6. The molecule has 1 aromatic carbocycles. The maximum Gasteiger partial charge on any atom is 0.417 e. The van der Waals surface area contributed by atoms with Crippen LogP contribution in [0.4, 0.5) is 18.9 Å². The number of halogens is 3. The number of benzene rings is 1. The van der Waals surface area contributed by atoms with Crippen molar-refractivity contribution in [1.29, 1.82) is 5.26 Å². The second kappa shape index (κ2) is 6.13. The standard InChI is InChI=1S/C12H9F3N2O4/c13-12(14,15)9-2-1-8(3-7(9)4-16)17(5-10(18)19)6-11(20)21/h1-3H,5-6H2,(H,18,19)(H,20,21). The quantitative estimate of drug-likeness (QED) is 0.855. The fourth-order valence-electron chi connectivity index (χ4n) is 1.63. The van der Waals surface area contributed by atoms with Crippen LogP contribution < -0.4 is 4.90 Å². The van der Waals surface area contributed by atoms with Crippen LogP contribution in [-0.2, 0) is 15.8 Å². The SMILES string of the molecule is N#Cc1cc(N(CC(=O)O)CC(=O)O)ccc1C(F)(F)F. The van der Waals surface area contributed by atoms with Crippen LogP contribution in [-0.4, -0.2) is 35.2 Å². The Balaban J connectivity index is 3.25. The van der Waals surface area contributed by atoms with Gasteiger partial charge in [0.1, 0.15) is 13.1 Å². The van der Waals surface area contributed by atoms with Crippen LogP contribution in [0.2, 0.25) is 0 Å². The molecule has 0 aliphatic rings. The van der Waals surface area contributed by atoms with Crippen molar-refractivity contribution in [2.45, 2.75) is 6.18 Å². The summed E-state index contributed by atoms with van der Waals surface area (Å²) in [5.41, 5.74) is -1.97. The number of carboxylic acids is 2. The van der Waals surface area contributed by atoms with Gasteiger partial charge in [-0.3, -0.25) is 9.59 Å². The summed E-state index contributed by atoms with van der Waals surface area (Å²) < 4.78 is 37.9. The lowest BCUT2D eigenvalue weighted by atomic mass is 10.1. The van der Waals surface area contributed by atoms with E-state index >= 15 is 0 Å². The highest BCUT2D eigenvalue weighted by Crippen LogP contribution is 2.33. The molecule has 1 rings (SSSR count). The third-order valence-electron chi connectivity index (χ3n) is 2.45. The van der Waals surface area contributed by atoms with Crippen molar-refractivity contribution in [2.75, 3.05) is 18.0 Å². The van der Waals surface area contributed by atoms with E-state index in [-0.39, 0.29) is 5.69 Å². The Bertz CT molecular complexity index is 592. The molecule has 6 nitrogen and oxygen atoms in total. The molecule has 0 aliphatic heterocycles. The molecular formula is C12H9F3N2O4. The Hall–Kier alpha value is -2.76. The van der Waals surface area contributed by atoms with Crippen LogP contribution in [0.5, 0.6) is 0 Å². The molecule has 0 spiro atoms. The third kappa shape index (κ3) is 4.38. The van der Waals surface area contributed by atoms with Crippen molar-refractivity contribution in [2.24, 2.45) is 0 Å². The fraction of sp³-hybridized carbons (Fsp3) is 0.250. The second-order valence-corrected chi connectivity index (χ2v) is 3.98. The highest BCUT2D eigenvalue weighted by Gasteiger charge is 2.34. The van der Waals surface area contributed by atoms with Crippen LogP contribution in [0.15, 0.2) is 18.2 Å². The summed E-state index contributed by atoms with van der Waals surface area (Å²) in [6, 6.07) is 3.72. The fourth-order valence-corrected chi connectivity index (χ4v) is 1.63. The lowest BCUT2D eigenvalue weighted by molar-refractivity contribution is -0.138. The maximum atomic E-state index is 12.6. The van der Waals surface area contributed by atoms with Gasteiger partial charge in [0.05, 0.1) is 17.2 Å². The molecule has 9 heteroatoms. The van der Waals surface area contributed by atoms with Crippen LogP contribution in [0, 0.1) is 11.3 Å². The average Bonchev–Trinajstić information content (AvgIpc) is 2.35. The first kappa shape index (κ1) is 16.3. The molecule has 0 radical (unpaired) electrons. The van der Waals surface area contributed by atoms with Gasteiger partial charge in [-0.25, -0.2) is 0 Å². The Morgan fingerprint density at radius 3 is 2.10 bits per heavy atom. The van der Waals surface area contributed by atoms with E-state index in [9.17, 15) is 22.8 Å². The van der Waals surface area contributed by atoms with Gasteiger partial charge in [0, 0.05) is 5.69 Å². The molecule has 0 aliphatic carbocycles. The Morgan fingerprint density at radius 2 is 1.71 bits per heavy atom. The molecule has 0 heterocycles. The number of nitriles is 1. The predicted molar refractivity (Wildman–Crippen MR) is 63.6 cm³/mol. The van der Waals surface area contributed by atoms with Crippen molar-refractivity contribution < 1.29 is 33.0 Å². The molecule has 1 aromatic rings. The lowest BCUT2D eigenvalue weighted by Gasteiger charge is -2.21. The number of anilines is 1. The normalized spacial score (nSPS) is 10.8. The number of rotatable bonds is 5. The molecule has 0 amide bonds. The third-order valence-corrected chi connectivity index (χ3v) is 2.45. The van der Waals surface area contributed by atoms with E-state index in [2.05, 4.69) is 0 Å². The number of aliphatic carboxylic acids is 2. The van der Waals surface area contributed by atoms with E-state index in [0.717, 1.165) is 17.0 Å². The molecule has 0 bridgehead atoms. The zero-order valence-electron chi connectivity index (χ0n) is 10.4. The van der Waals surface area contributed by atoms with Crippen LogP contribution in [0.25, 0.3) is 0 Å². The summed E-state index contributed by atoms with van der Waals surface area (Å²) in [6.07, 6.45) is -4.73. The minimum Gasteiger partial charge on any atom is -0.480 e. The summed E-state index contributed by atoms with van der Waals surface area (Å²) in [4.78, 5) is 22.2. The summed E-state index contributed by atoms with van der Waals surface area (Å²) in [7, 11) is 0. The highest BCUT2D eigenvalue weighted by molar-refractivity contribution is 5.79. The van der Waals surface area contributed by atoms with Crippen LogP contribution >= 0.6 is 0 Å². The number of hydrogen-bond donors (Lipinski definition) is 2. The zero-order valence-corrected chi connectivity index (χ0v) is 10.4. The molecule has 112 valence electrons. The molecule has 0 aromatic heterocycles. The molecule has 0 saturated carbocycles. The summed E-state index contributed by atoms with van der Waals surface area (Å²) >= 11 is 0. The molecule has 0 fully saturated rings. The van der Waals surface area contributed by atoms with Crippen molar-refractivity contribution in [1.82, 2.24) is 0 Å². The number of carbonyl (C=O) groups is 2. The summed E-state index contributed by atoms with van der Waals surface area (Å²) in [6.45, 7) is -1.44. The van der Waals surface area contributed by atoms with Crippen molar-refractivity contribution >= 4 is 17.6 Å². The van der Waals surface area contributed by atoms with Crippen molar-refractivity contribution in [3.05, 3.63) is 29.3 Å². The van der Waals surface area contributed by atoms with Crippen molar-refractivity contribution in [3.8, 4) is 6.07 Å². The summed E-state index contributed by atoms with van der Waals surface area (Å²) in [5, 5.41) is 26.1. The second-order valence-electron chi connectivity index (χ2n) is 3.98. The van der Waals surface area contributed by atoms with Gasteiger partial charge in [-0.05, 0) is 18.2 Å². The van der Waals surface area contributed by atoms with Gasteiger partial charge < -0.3 is 15.1 Å². The zero-order chi connectivity index (χ0) is 16.2. The molecule has 2 N–H and O–H groups in total. The van der Waals surface area contributed by atoms with E-state index in [0.29, 0.717) is 6.07 Å². The first-order valence-electron chi connectivity index (χ1n) is 5.45. The predicted octanol–water partition coefficient (Wildman–Crippen LogP) is 1.55. The van der Waals surface area contributed by atoms with Crippen LogP contribution in [0.3, 0.4) is 0 Å². The highest BCUT2D eigenvalue weighted by atomic mass is 19.4. The number of alkyl halides is 3. The number of carboxylic acid groups (broad SMARTS) is 2. The van der Waals surface area contributed by atoms with Gasteiger partial charge in [-0.1, -0.05) is 0 Å². The Morgan fingerprint density at radius 1 is 1.19 bits per heavy atom. The Kier molecular flexibility index (Phi) is 4.75. The van der Waals surface area contributed by atoms with E-state index in [1.54, 1.807) is 0 Å². The molecule has 0 atom stereocenters. The lowest BCUT2D eigenvalue weighted by Crippen LogP contribution is -2.34. The molecule has 0 saturated heterocycles. The first-order valence-corrected chi connectivity index (χ1v) is 5.45. The van der Waals surface area contributed by atoms with Crippen molar-refractivity contribution in [3.63, 3.8) is 0 Å². The molecular weight excluding hydrogens is 293 g/mol. The topological polar surface area (TPSA) is 102 Å².